The predicted molar refractivity (Wildman–Crippen MR) is 67.3 cm³/mol. The summed E-state index contributed by atoms with van der Waals surface area (Å²) in [6, 6.07) is 5.79. The normalized spacial score (nSPS) is 10.2. The van der Waals surface area contributed by atoms with Crippen molar-refractivity contribution in [3.8, 4) is 0 Å². The monoisotopic (exact) mass is 248 g/mol. The van der Waals surface area contributed by atoms with Crippen molar-refractivity contribution in [2.24, 2.45) is 0 Å². The van der Waals surface area contributed by atoms with Gasteiger partial charge in [-0.25, -0.2) is 5.10 Å². The van der Waals surface area contributed by atoms with Crippen LogP contribution in [0.1, 0.15) is 15.9 Å². The van der Waals surface area contributed by atoms with Gasteiger partial charge in [-0.05, 0) is 30.9 Å². The molecule has 0 saturated heterocycles. The molecule has 0 aliphatic carbocycles. The number of aryl methyl sites for hydroxylation is 1. The molecule has 0 spiro atoms. The molecule has 0 atom stereocenters. The van der Waals surface area contributed by atoms with Crippen LogP contribution < -0.4 is 5.32 Å². The molecule has 0 saturated carbocycles. The van der Waals surface area contributed by atoms with Crippen molar-refractivity contribution in [1.82, 2.24) is 15.2 Å². The van der Waals surface area contributed by atoms with Crippen LogP contribution >= 0.6 is 11.8 Å². The van der Waals surface area contributed by atoms with Crippen molar-refractivity contribution in [2.75, 3.05) is 11.6 Å². The van der Waals surface area contributed by atoms with Gasteiger partial charge in [0.1, 0.15) is 6.33 Å². The highest BCUT2D eigenvalue weighted by Crippen LogP contribution is 2.19. The number of aromatic nitrogens is 3. The molecule has 0 aliphatic heterocycles. The molecule has 2 rings (SSSR count). The summed E-state index contributed by atoms with van der Waals surface area (Å²) in [4.78, 5) is 16.9. The first-order valence-electron chi connectivity index (χ1n) is 5.02. The molecule has 6 heteroatoms. The second kappa shape index (κ2) is 5.01. The molecular formula is C11H12N4OS. The summed E-state index contributed by atoms with van der Waals surface area (Å²) in [7, 11) is 0. The number of thioether (sulfide) groups is 1. The molecule has 0 bridgehead atoms. The quantitative estimate of drug-likeness (QED) is 0.816. The lowest BCUT2D eigenvalue weighted by atomic mass is 10.1. The Labute approximate surface area is 103 Å². The first-order valence-corrected chi connectivity index (χ1v) is 6.24. The van der Waals surface area contributed by atoms with Gasteiger partial charge in [-0.1, -0.05) is 6.07 Å². The summed E-state index contributed by atoms with van der Waals surface area (Å²) < 4.78 is 0. The number of hydrogen-bond acceptors (Lipinski definition) is 4. The van der Waals surface area contributed by atoms with Gasteiger partial charge < -0.3 is 0 Å². The number of H-pyrrole nitrogens is 1. The number of anilines is 1. The van der Waals surface area contributed by atoms with Crippen molar-refractivity contribution in [2.45, 2.75) is 11.8 Å². The number of carbonyl (C=O) groups excluding carboxylic acids is 1. The van der Waals surface area contributed by atoms with E-state index in [-0.39, 0.29) is 5.91 Å². The predicted octanol–water partition coefficient (Wildman–Crippen LogP) is 2.09. The molecule has 0 fully saturated rings. The Bertz CT molecular complexity index is 524. The number of carbonyl (C=O) groups is 1. The molecule has 88 valence electrons. The van der Waals surface area contributed by atoms with Gasteiger partial charge in [-0.2, -0.15) is 10.1 Å². The summed E-state index contributed by atoms with van der Waals surface area (Å²) in [6.45, 7) is 1.90. The van der Waals surface area contributed by atoms with Gasteiger partial charge in [0.15, 0.2) is 0 Å². The molecule has 0 unspecified atom stereocenters. The molecule has 5 nitrogen and oxygen atoms in total. The lowest BCUT2D eigenvalue weighted by molar-refractivity contribution is 0.102. The minimum Gasteiger partial charge on any atom is -0.291 e. The smallest absolute Gasteiger partial charge is 0.258 e. The lowest BCUT2D eigenvalue weighted by Crippen LogP contribution is -2.14. The van der Waals surface area contributed by atoms with Crippen LogP contribution in [0.4, 0.5) is 5.95 Å². The van der Waals surface area contributed by atoms with Crippen molar-refractivity contribution in [1.29, 1.82) is 0 Å². The maximum absolute atomic E-state index is 12.0. The molecular weight excluding hydrogens is 236 g/mol. The average Bonchev–Trinajstić information content (AvgIpc) is 2.82. The first-order chi connectivity index (χ1) is 8.20. The second-order valence-electron chi connectivity index (χ2n) is 3.47. The van der Waals surface area contributed by atoms with Crippen LogP contribution in [-0.4, -0.2) is 27.3 Å². The number of aromatic amines is 1. The molecule has 2 N–H and O–H groups in total. The molecule has 1 aromatic heterocycles. The highest BCUT2D eigenvalue weighted by atomic mass is 32.2. The molecule has 2 aromatic rings. The van der Waals surface area contributed by atoms with Gasteiger partial charge >= 0.3 is 0 Å². The largest absolute Gasteiger partial charge is 0.291 e. The van der Waals surface area contributed by atoms with E-state index in [0.29, 0.717) is 11.5 Å². The fourth-order valence-corrected chi connectivity index (χ4v) is 1.85. The van der Waals surface area contributed by atoms with Crippen molar-refractivity contribution < 1.29 is 4.79 Å². The summed E-state index contributed by atoms with van der Waals surface area (Å²) >= 11 is 1.60. The maximum atomic E-state index is 12.0. The first kappa shape index (κ1) is 11.7. The van der Waals surface area contributed by atoms with Crippen LogP contribution in [-0.2, 0) is 0 Å². The van der Waals surface area contributed by atoms with Gasteiger partial charge in [-0.15, -0.1) is 11.8 Å². The highest BCUT2D eigenvalue weighted by molar-refractivity contribution is 7.98. The number of amides is 1. The minimum atomic E-state index is -0.185. The Kier molecular flexibility index (Phi) is 3.43. The van der Waals surface area contributed by atoms with Crippen LogP contribution in [0, 0.1) is 6.92 Å². The molecule has 1 aromatic carbocycles. The Morgan fingerprint density at radius 2 is 2.29 bits per heavy atom. The third kappa shape index (κ3) is 2.65. The average molecular weight is 248 g/mol. The standard InChI is InChI=1S/C11H12N4OS/c1-7-3-4-8(17-2)5-9(7)10(16)14-11-12-6-13-15-11/h3-6H,1-2H3,(H2,12,13,14,15,16). The van der Waals surface area contributed by atoms with Crippen LogP contribution in [0.3, 0.4) is 0 Å². The van der Waals surface area contributed by atoms with E-state index < -0.39 is 0 Å². The third-order valence-electron chi connectivity index (χ3n) is 2.34. The number of nitrogens with one attached hydrogen (secondary N) is 2. The van der Waals surface area contributed by atoms with Crippen LogP contribution in [0.2, 0.25) is 0 Å². The summed E-state index contributed by atoms with van der Waals surface area (Å²) in [6.07, 6.45) is 3.32. The number of hydrogen-bond donors (Lipinski definition) is 2. The molecule has 0 aliphatic rings. The zero-order valence-corrected chi connectivity index (χ0v) is 10.3. The SMILES string of the molecule is CSc1ccc(C)c(C(=O)Nc2ncn[nH]2)c1. The zero-order valence-electron chi connectivity index (χ0n) is 9.52. The summed E-state index contributed by atoms with van der Waals surface area (Å²) in [5.74, 6) is 0.166. The Morgan fingerprint density at radius 3 is 2.94 bits per heavy atom. The van der Waals surface area contributed by atoms with E-state index in [0.717, 1.165) is 10.5 Å². The van der Waals surface area contributed by atoms with Gasteiger partial charge in [-0.3, -0.25) is 10.1 Å². The molecule has 0 radical (unpaired) electrons. The fraction of sp³-hybridized carbons (Fsp3) is 0.182. The Hall–Kier alpha value is -1.82. The van der Waals surface area contributed by atoms with Crippen LogP contribution in [0.25, 0.3) is 0 Å². The zero-order chi connectivity index (χ0) is 12.3. The molecule has 1 heterocycles. The topological polar surface area (TPSA) is 70.7 Å². The highest BCUT2D eigenvalue weighted by Gasteiger charge is 2.11. The second-order valence-corrected chi connectivity index (χ2v) is 4.35. The van der Waals surface area contributed by atoms with Crippen molar-refractivity contribution >= 4 is 23.6 Å². The number of nitrogens with zero attached hydrogens (tertiary/aromatic N) is 2. The van der Waals surface area contributed by atoms with E-state index in [2.05, 4.69) is 20.5 Å². The van der Waals surface area contributed by atoms with Gasteiger partial charge in [0.2, 0.25) is 5.95 Å². The van der Waals surface area contributed by atoms with E-state index in [1.807, 2.05) is 31.4 Å². The number of benzene rings is 1. The van der Waals surface area contributed by atoms with E-state index in [1.54, 1.807) is 11.8 Å². The van der Waals surface area contributed by atoms with Gasteiger partial charge in [0.25, 0.3) is 5.91 Å². The van der Waals surface area contributed by atoms with Crippen LogP contribution in [0.15, 0.2) is 29.4 Å². The number of rotatable bonds is 3. The van der Waals surface area contributed by atoms with E-state index >= 15 is 0 Å². The van der Waals surface area contributed by atoms with Crippen molar-refractivity contribution in [3.63, 3.8) is 0 Å². The van der Waals surface area contributed by atoms with Gasteiger partial charge in [0, 0.05) is 10.5 Å². The minimum absolute atomic E-state index is 0.185. The lowest BCUT2D eigenvalue weighted by Gasteiger charge is -2.06. The van der Waals surface area contributed by atoms with Crippen LogP contribution in [0.5, 0.6) is 0 Å². The summed E-state index contributed by atoms with van der Waals surface area (Å²) in [5.41, 5.74) is 1.58. The maximum Gasteiger partial charge on any atom is 0.258 e. The summed E-state index contributed by atoms with van der Waals surface area (Å²) in [5, 5.41) is 8.91. The van der Waals surface area contributed by atoms with E-state index in [4.69, 9.17) is 0 Å². The Morgan fingerprint density at radius 1 is 1.47 bits per heavy atom. The molecule has 17 heavy (non-hydrogen) atoms. The van der Waals surface area contributed by atoms with Gasteiger partial charge in [0.05, 0.1) is 0 Å². The Balaban J connectivity index is 2.24. The molecule has 1 amide bonds. The van der Waals surface area contributed by atoms with E-state index in [1.165, 1.54) is 6.33 Å². The fourth-order valence-electron chi connectivity index (χ4n) is 1.41. The third-order valence-corrected chi connectivity index (χ3v) is 3.06. The van der Waals surface area contributed by atoms with E-state index in [9.17, 15) is 4.79 Å². The van der Waals surface area contributed by atoms with Crippen molar-refractivity contribution in [3.05, 3.63) is 35.7 Å².